The van der Waals surface area contributed by atoms with E-state index in [1.54, 1.807) is 0 Å². The van der Waals surface area contributed by atoms with Crippen LogP contribution < -0.4 is 5.19 Å². The van der Waals surface area contributed by atoms with Crippen molar-refractivity contribution in [1.29, 1.82) is 0 Å². The van der Waals surface area contributed by atoms with Crippen LogP contribution in [0, 0.1) is 0 Å². The van der Waals surface area contributed by atoms with E-state index < -0.39 is 8.07 Å². The highest BCUT2D eigenvalue weighted by Crippen LogP contribution is 2.44. The zero-order valence-corrected chi connectivity index (χ0v) is 32.0. The minimum atomic E-state index is -1.49. The van der Waals surface area contributed by atoms with E-state index >= 15 is 0 Å². The molecule has 0 saturated heterocycles. The average Bonchev–Trinajstić information content (AvgIpc) is 3.43. The van der Waals surface area contributed by atoms with Gasteiger partial charge in [-0.15, -0.1) is 0 Å². The first-order valence-corrected chi connectivity index (χ1v) is 20.9. The summed E-state index contributed by atoms with van der Waals surface area (Å²) in [7, 11) is -1.49. The van der Waals surface area contributed by atoms with Crippen molar-refractivity contribution in [3.63, 3.8) is 0 Å². The van der Waals surface area contributed by atoms with Crippen molar-refractivity contribution in [2.24, 2.45) is 0 Å². The molecular formula is C43H50N4OSi. The maximum absolute atomic E-state index is 11.9. The van der Waals surface area contributed by atoms with Gasteiger partial charge in [-0.05, 0) is 88.5 Å². The lowest BCUT2D eigenvalue weighted by molar-refractivity contribution is 0.445. The lowest BCUT2D eigenvalue weighted by Crippen LogP contribution is -2.37. The van der Waals surface area contributed by atoms with Gasteiger partial charge in [0.2, 0.25) is 0 Å². The van der Waals surface area contributed by atoms with E-state index in [0.717, 1.165) is 67.2 Å². The Bertz CT molecular complexity index is 2140. The van der Waals surface area contributed by atoms with E-state index in [4.69, 9.17) is 15.0 Å². The average molecular weight is 667 g/mol. The van der Waals surface area contributed by atoms with Crippen molar-refractivity contribution < 1.29 is 5.11 Å². The molecule has 3 aromatic carbocycles. The maximum atomic E-state index is 11.9. The van der Waals surface area contributed by atoms with Crippen LogP contribution in [0.4, 0.5) is 0 Å². The normalized spacial score (nSPS) is 12.7. The van der Waals surface area contributed by atoms with Gasteiger partial charge in [-0.1, -0.05) is 104 Å². The summed E-state index contributed by atoms with van der Waals surface area (Å²) in [5.41, 5.74) is 10.3. The Morgan fingerprint density at radius 1 is 0.694 bits per heavy atom. The Labute approximate surface area is 293 Å². The number of pyridine rings is 2. The first kappa shape index (κ1) is 34.3. The molecule has 6 rings (SSSR count). The molecule has 0 aliphatic rings. The van der Waals surface area contributed by atoms with Crippen molar-refractivity contribution in [1.82, 2.24) is 19.5 Å². The molecule has 0 atom stereocenters. The molecule has 0 bridgehead atoms. The number of phenolic OH excluding ortho intramolecular Hbond substituents is 1. The standard InChI is InChI=1S/C43H50N4OSi/c1-27(2)47-40(35-24-32(42(3,4)5)25-36(39(35)48)43(6,7)8)46-38-34(19-20-44-41(38)47)30-21-29(28-15-13-12-14-16-28)22-31(23-30)37-18-17-33(26-45-37)49(9,10)11/h12-27,48H,1-11H3. The van der Waals surface area contributed by atoms with E-state index in [1.165, 1.54) is 5.19 Å². The van der Waals surface area contributed by atoms with Crippen LogP contribution >= 0.6 is 0 Å². The molecule has 0 spiro atoms. The fourth-order valence-corrected chi connectivity index (χ4v) is 7.48. The number of imidazole rings is 1. The van der Waals surface area contributed by atoms with Crippen LogP contribution in [-0.2, 0) is 10.8 Å². The van der Waals surface area contributed by atoms with Crippen LogP contribution in [0.5, 0.6) is 5.75 Å². The zero-order valence-electron chi connectivity index (χ0n) is 31.0. The summed E-state index contributed by atoms with van der Waals surface area (Å²) in [5, 5.41) is 13.2. The zero-order chi connectivity index (χ0) is 35.5. The fraction of sp³-hybridized carbons (Fsp3) is 0.326. The van der Waals surface area contributed by atoms with Gasteiger partial charge in [-0.25, -0.2) is 9.97 Å². The van der Waals surface area contributed by atoms with Crippen molar-refractivity contribution in [3.8, 4) is 50.6 Å². The van der Waals surface area contributed by atoms with E-state index in [2.05, 4.69) is 159 Å². The van der Waals surface area contributed by atoms with Crippen molar-refractivity contribution in [2.45, 2.75) is 91.9 Å². The summed E-state index contributed by atoms with van der Waals surface area (Å²) in [6.07, 6.45) is 3.94. The molecule has 6 aromatic rings. The van der Waals surface area contributed by atoms with Crippen LogP contribution in [0.25, 0.3) is 56.1 Å². The Balaban J connectivity index is 1.62. The third-order valence-electron chi connectivity index (χ3n) is 9.40. The van der Waals surface area contributed by atoms with Gasteiger partial charge in [0.15, 0.2) is 5.65 Å². The number of aromatic nitrogens is 4. The van der Waals surface area contributed by atoms with Crippen LogP contribution in [0.2, 0.25) is 19.6 Å². The predicted molar refractivity (Wildman–Crippen MR) is 209 cm³/mol. The first-order valence-electron chi connectivity index (χ1n) is 17.4. The molecule has 6 heteroatoms. The lowest BCUT2D eigenvalue weighted by Gasteiger charge is -2.27. The van der Waals surface area contributed by atoms with E-state index in [-0.39, 0.29) is 22.6 Å². The number of aromatic hydroxyl groups is 1. The summed E-state index contributed by atoms with van der Waals surface area (Å²) >= 11 is 0. The van der Waals surface area contributed by atoms with E-state index in [0.29, 0.717) is 0 Å². The van der Waals surface area contributed by atoms with Gasteiger partial charge < -0.3 is 9.67 Å². The second-order valence-electron chi connectivity index (χ2n) is 16.7. The van der Waals surface area contributed by atoms with Crippen molar-refractivity contribution >= 4 is 24.4 Å². The number of rotatable bonds is 6. The first-order chi connectivity index (χ1) is 22.9. The second-order valence-corrected chi connectivity index (χ2v) is 21.8. The SMILES string of the molecule is CC(C)n1c(-c2cc(C(C)(C)C)cc(C(C)(C)C)c2O)nc2c(-c3cc(-c4ccccc4)cc(-c4ccc([Si](C)(C)C)cn4)c3)ccnc21. The highest BCUT2D eigenvalue weighted by Gasteiger charge is 2.29. The minimum absolute atomic E-state index is 0.0545. The monoisotopic (exact) mass is 666 g/mol. The van der Waals surface area contributed by atoms with Gasteiger partial charge in [-0.3, -0.25) is 4.98 Å². The predicted octanol–water partition coefficient (Wildman–Crippen LogP) is 10.9. The Kier molecular flexibility index (Phi) is 8.69. The molecule has 0 aliphatic carbocycles. The molecule has 0 unspecified atom stereocenters. The third-order valence-corrected chi connectivity index (χ3v) is 11.4. The summed E-state index contributed by atoms with van der Waals surface area (Å²) in [6.45, 7) is 24.4. The number of nitrogens with zero attached hydrogens (tertiary/aromatic N) is 4. The summed E-state index contributed by atoms with van der Waals surface area (Å²) in [6, 6.07) is 28.0. The Morgan fingerprint density at radius 2 is 1.37 bits per heavy atom. The van der Waals surface area contributed by atoms with E-state index in [1.807, 2.05) is 12.3 Å². The molecule has 0 fully saturated rings. The number of benzene rings is 3. The molecule has 0 amide bonds. The molecule has 0 radical (unpaired) electrons. The summed E-state index contributed by atoms with van der Waals surface area (Å²) in [5.74, 6) is 1.00. The molecule has 0 aliphatic heterocycles. The Morgan fingerprint density at radius 3 is 1.96 bits per heavy atom. The van der Waals surface area contributed by atoms with Crippen LogP contribution in [0.1, 0.15) is 72.6 Å². The topological polar surface area (TPSA) is 63.8 Å². The molecule has 252 valence electrons. The number of phenols is 1. The van der Waals surface area contributed by atoms with Crippen LogP contribution in [-0.4, -0.2) is 32.7 Å². The van der Waals surface area contributed by atoms with Gasteiger partial charge in [0, 0.05) is 35.1 Å². The highest BCUT2D eigenvalue weighted by atomic mass is 28.3. The molecule has 1 N–H and O–H groups in total. The van der Waals surface area contributed by atoms with Gasteiger partial charge in [0.05, 0.1) is 19.3 Å². The quantitative estimate of drug-likeness (QED) is 0.180. The van der Waals surface area contributed by atoms with Gasteiger partial charge in [-0.2, -0.15) is 0 Å². The lowest BCUT2D eigenvalue weighted by atomic mass is 9.79. The second kappa shape index (κ2) is 12.4. The molecule has 49 heavy (non-hydrogen) atoms. The molecule has 3 heterocycles. The van der Waals surface area contributed by atoms with Crippen LogP contribution in [0.3, 0.4) is 0 Å². The summed E-state index contributed by atoms with van der Waals surface area (Å²) in [4.78, 5) is 15.2. The number of hydrogen-bond donors (Lipinski definition) is 1. The largest absolute Gasteiger partial charge is 0.507 e. The molecular weight excluding hydrogens is 617 g/mol. The minimum Gasteiger partial charge on any atom is -0.507 e. The molecule has 0 saturated carbocycles. The van der Waals surface area contributed by atoms with Gasteiger partial charge in [0.25, 0.3) is 0 Å². The molecule has 3 aromatic heterocycles. The van der Waals surface area contributed by atoms with Crippen molar-refractivity contribution in [2.75, 3.05) is 0 Å². The van der Waals surface area contributed by atoms with Crippen LogP contribution in [0.15, 0.2) is 91.3 Å². The smallest absolute Gasteiger partial charge is 0.161 e. The number of hydrogen-bond acceptors (Lipinski definition) is 4. The highest BCUT2D eigenvalue weighted by molar-refractivity contribution is 6.88. The Hall–Kier alpha value is -4.55. The summed E-state index contributed by atoms with van der Waals surface area (Å²) < 4.78 is 2.17. The van der Waals surface area contributed by atoms with E-state index in [9.17, 15) is 5.11 Å². The molecule has 5 nitrogen and oxygen atoms in total. The maximum Gasteiger partial charge on any atom is 0.161 e. The van der Waals surface area contributed by atoms with Crippen molar-refractivity contribution in [3.05, 3.63) is 102 Å². The number of fused-ring (bicyclic) bond motifs is 1. The van der Waals surface area contributed by atoms with Gasteiger partial charge >= 0.3 is 0 Å². The van der Waals surface area contributed by atoms with Gasteiger partial charge in [0.1, 0.15) is 17.1 Å². The fourth-order valence-electron chi connectivity index (χ4n) is 6.45. The third kappa shape index (κ3) is 6.71.